The number of benzene rings is 2. The molecule has 2 heterocycles. The highest BCUT2D eigenvalue weighted by molar-refractivity contribution is 8.00. The summed E-state index contributed by atoms with van der Waals surface area (Å²) in [6.07, 6.45) is 0. The second kappa shape index (κ2) is 7.48. The number of hydrogen-bond acceptors (Lipinski definition) is 4. The third-order valence-corrected chi connectivity index (χ3v) is 6.54. The van der Waals surface area contributed by atoms with Gasteiger partial charge < -0.3 is 4.90 Å². The van der Waals surface area contributed by atoms with Gasteiger partial charge in [0, 0.05) is 26.8 Å². The Kier molecular flexibility index (Phi) is 5.00. The molecule has 0 radical (unpaired) electrons. The predicted molar refractivity (Wildman–Crippen MR) is 119 cm³/mol. The van der Waals surface area contributed by atoms with Gasteiger partial charge in [-0.3, -0.25) is 19.2 Å². The lowest BCUT2D eigenvalue weighted by molar-refractivity contribution is -0.115. The van der Waals surface area contributed by atoms with Crippen LogP contribution in [0.4, 0.5) is 11.4 Å². The van der Waals surface area contributed by atoms with Gasteiger partial charge in [-0.25, -0.2) is 4.68 Å². The molecule has 0 spiro atoms. The first-order valence-electron chi connectivity index (χ1n) is 9.45. The maximum Gasteiger partial charge on any atom is 0.295 e. The van der Waals surface area contributed by atoms with Crippen LogP contribution in [0.1, 0.15) is 16.6 Å². The van der Waals surface area contributed by atoms with Crippen LogP contribution in [0.25, 0.3) is 5.69 Å². The molecular formula is C22H24N4O2S. The second-order valence-corrected chi connectivity index (χ2v) is 8.39. The van der Waals surface area contributed by atoms with E-state index >= 15 is 0 Å². The van der Waals surface area contributed by atoms with Gasteiger partial charge in [-0.1, -0.05) is 30.3 Å². The van der Waals surface area contributed by atoms with Crippen LogP contribution in [0.5, 0.6) is 0 Å². The molecule has 1 amide bonds. The zero-order valence-corrected chi connectivity index (χ0v) is 17.8. The minimum absolute atomic E-state index is 0.0392. The molecule has 0 bridgehead atoms. The third-order valence-electron chi connectivity index (χ3n) is 5.33. The van der Waals surface area contributed by atoms with Crippen molar-refractivity contribution in [3.63, 3.8) is 0 Å². The summed E-state index contributed by atoms with van der Waals surface area (Å²) in [6, 6.07) is 17.6. The van der Waals surface area contributed by atoms with Crippen molar-refractivity contribution in [3.05, 3.63) is 76.2 Å². The molecule has 1 aliphatic heterocycles. The molecule has 0 N–H and O–H groups in total. The van der Waals surface area contributed by atoms with E-state index in [9.17, 15) is 9.59 Å². The summed E-state index contributed by atoms with van der Waals surface area (Å²) in [5, 5.41) is -0.211. The molecule has 1 aliphatic rings. The van der Waals surface area contributed by atoms with Crippen molar-refractivity contribution in [1.29, 1.82) is 0 Å². The topological polar surface area (TPSA) is 50.5 Å². The number of hydrogen-bond donors (Lipinski definition) is 0. The average molecular weight is 409 g/mol. The summed E-state index contributed by atoms with van der Waals surface area (Å²) in [4.78, 5) is 29.9. The summed E-state index contributed by atoms with van der Waals surface area (Å²) >= 11 is 1.55. The van der Waals surface area contributed by atoms with Gasteiger partial charge in [-0.15, -0.1) is 11.8 Å². The Bertz CT molecular complexity index is 1100. The summed E-state index contributed by atoms with van der Waals surface area (Å²) in [5.41, 5.74) is 3.93. The van der Waals surface area contributed by atoms with Gasteiger partial charge in [0.15, 0.2) is 0 Å². The van der Waals surface area contributed by atoms with Crippen molar-refractivity contribution in [3.8, 4) is 5.69 Å². The molecule has 6 nitrogen and oxygen atoms in total. The number of para-hydroxylation sites is 1. The Balaban J connectivity index is 1.80. The van der Waals surface area contributed by atoms with E-state index in [1.54, 1.807) is 21.3 Å². The minimum Gasteiger partial charge on any atom is -0.378 e. The zero-order chi connectivity index (χ0) is 20.7. The SMILES string of the molecule is Cc1c(N2C(=O)CS[C@H]2c2ccc(N(C)C)cc2)c(=O)n(-c2ccccc2)n1C. The van der Waals surface area contributed by atoms with E-state index in [-0.39, 0.29) is 16.8 Å². The molecule has 1 aromatic heterocycles. The highest BCUT2D eigenvalue weighted by Gasteiger charge is 2.38. The maximum absolute atomic E-state index is 13.4. The average Bonchev–Trinajstić information content (AvgIpc) is 3.19. The van der Waals surface area contributed by atoms with Crippen molar-refractivity contribution in [2.45, 2.75) is 12.3 Å². The Morgan fingerprint density at radius 2 is 1.66 bits per heavy atom. The lowest BCUT2D eigenvalue weighted by atomic mass is 10.1. The van der Waals surface area contributed by atoms with Crippen LogP contribution in [0.15, 0.2) is 59.4 Å². The van der Waals surface area contributed by atoms with Crippen molar-refractivity contribution >= 4 is 29.0 Å². The quantitative estimate of drug-likeness (QED) is 0.665. The highest BCUT2D eigenvalue weighted by Crippen LogP contribution is 2.42. The molecule has 2 aromatic carbocycles. The molecule has 4 rings (SSSR count). The number of amides is 1. The number of anilines is 2. The van der Waals surface area contributed by atoms with E-state index in [0.29, 0.717) is 11.4 Å². The summed E-state index contributed by atoms with van der Waals surface area (Å²) in [7, 11) is 5.84. The van der Waals surface area contributed by atoms with Gasteiger partial charge in [0.2, 0.25) is 5.91 Å². The Morgan fingerprint density at radius 3 is 2.28 bits per heavy atom. The smallest absolute Gasteiger partial charge is 0.295 e. The first-order valence-corrected chi connectivity index (χ1v) is 10.5. The van der Waals surface area contributed by atoms with Gasteiger partial charge in [0.25, 0.3) is 5.56 Å². The Hall–Kier alpha value is -2.93. The van der Waals surface area contributed by atoms with Crippen LogP contribution < -0.4 is 15.4 Å². The van der Waals surface area contributed by atoms with Crippen LogP contribution in [-0.2, 0) is 11.8 Å². The molecule has 1 atom stereocenters. The number of carbonyl (C=O) groups excluding carboxylic acids is 1. The van der Waals surface area contributed by atoms with Crippen molar-refractivity contribution in [2.75, 3.05) is 29.6 Å². The van der Waals surface area contributed by atoms with E-state index < -0.39 is 0 Å². The van der Waals surface area contributed by atoms with E-state index in [4.69, 9.17) is 0 Å². The number of thioether (sulfide) groups is 1. The van der Waals surface area contributed by atoms with Gasteiger partial charge in [0.05, 0.1) is 17.1 Å². The van der Waals surface area contributed by atoms with E-state index in [2.05, 4.69) is 0 Å². The van der Waals surface area contributed by atoms with Crippen molar-refractivity contribution in [2.24, 2.45) is 7.05 Å². The van der Waals surface area contributed by atoms with Gasteiger partial charge >= 0.3 is 0 Å². The first kappa shape index (κ1) is 19.4. The maximum atomic E-state index is 13.4. The first-order chi connectivity index (χ1) is 13.9. The van der Waals surface area contributed by atoms with E-state index in [1.807, 2.05) is 92.2 Å². The molecule has 7 heteroatoms. The lowest BCUT2D eigenvalue weighted by Gasteiger charge is -2.23. The van der Waals surface area contributed by atoms with Crippen LogP contribution in [0, 0.1) is 6.92 Å². The summed E-state index contributed by atoms with van der Waals surface area (Å²) < 4.78 is 3.43. The number of carbonyl (C=O) groups is 1. The minimum atomic E-state index is -0.211. The third kappa shape index (κ3) is 3.25. The molecule has 1 saturated heterocycles. The molecule has 1 fully saturated rings. The molecule has 150 valence electrons. The van der Waals surface area contributed by atoms with Gasteiger partial charge in [-0.05, 0) is 36.8 Å². The van der Waals surface area contributed by atoms with Gasteiger partial charge in [-0.2, -0.15) is 0 Å². The van der Waals surface area contributed by atoms with Crippen molar-refractivity contribution in [1.82, 2.24) is 9.36 Å². The van der Waals surface area contributed by atoms with Crippen LogP contribution in [0.3, 0.4) is 0 Å². The molecule has 0 unspecified atom stereocenters. The fraction of sp³-hybridized carbons (Fsp3) is 0.273. The largest absolute Gasteiger partial charge is 0.378 e. The van der Waals surface area contributed by atoms with Crippen LogP contribution >= 0.6 is 11.8 Å². The standard InChI is InChI=1S/C22H24N4O2S/c1-15-20(21(28)26(24(15)4)18-8-6-5-7-9-18)25-19(27)14-29-22(25)16-10-12-17(13-11-16)23(2)3/h5-13,22H,14H2,1-4H3/t22-/m0/s1. The molecule has 0 aliphatic carbocycles. The fourth-order valence-electron chi connectivity index (χ4n) is 3.68. The fourth-order valence-corrected chi connectivity index (χ4v) is 4.84. The summed E-state index contributed by atoms with van der Waals surface area (Å²) in [5.74, 6) is 0.321. The number of aromatic nitrogens is 2. The van der Waals surface area contributed by atoms with Crippen LogP contribution in [0.2, 0.25) is 0 Å². The highest BCUT2D eigenvalue weighted by atomic mass is 32.2. The Labute approximate surface area is 174 Å². The number of nitrogens with zero attached hydrogens (tertiary/aromatic N) is 4. The van der Waals surface area contributed by atoms with Gasteiger partial charge in [0.1, 0.15) is 11.1 Å². The molecule has 0 saturated carbocycles. The monoisotopic (exact) mass is 408 g/mol. The van der Waals surface area contributed by atoms with E-state index in [0.717, 1.165) is 22.6 Å². The Morgan fingerprint density at radius 1 is 1.00 bits per heavy atom. The second-order valence-electron chi connectivity index (χ2n) is 7.32. The van der Waals surface area contributed by atoms with Crippen molar-refractivity contribution < 1.29 is 4.79 Å². The lowest BCUT2D eigenvalue weighted by Crippen LogP contribution is -2.33. The van der Waals surface area contributed by atoms with E-state index in [1.165, 1.54) is 0 Å². The normalized spacial score (nSPS) is 16.5. The predicted octanol–water partition coefficient (Wildman–Crippen LogP) is 3.33. The summed E-state index contributed by atoms with van der Waals surface area (Å²) in [6.45, 7) is 1.89. The molecule has 29 heavy (non-hydrogen) atoms. The molecular weight excluding hydrogens is 384 g/mol. The number of rotatable bonds is 4. The molecule has 3 aromatic rings. The zero-order valence-electron chi connectivity index (χ0n) is 17.0. The van der Waals surface area contributed by atoms with Crippen LogP contribution in [-0.4, -0.2) is 35.1 Å².